The number of amides is 3. The van der Waals surface area contributed by atoms with E-state index in [0.717, 1.165) is 6.42 Å². The summed E-state index contributed by atoms with van der Waals surface area (Å²) in [4.78, 5) is 51.1. The minimum Gasteiger partial charge on any atom is -0.480 e. The van der Waals surface area contributed by atoms with E-state index >= 15 is 0 Å². The van der Waals surface area contributed by atoms with E-state index in [-0.39, 0.29) is 12.8 Å². The van der Waals surface area contributed by atoms with Crippen LogP contribution in [0.15, 0.2) is 0 Å². The maximum absolute atomic E-state index is 13.4. The smallest absolute Gasteiger partial charge is 0.326 e. The summed E-state index contributed by atoms with van der Waals surface area (Å²) in [6.07, 6.45) is 6.11. The van der Waals surface area contributed by atoms with E-state index in [4.69, 9.17) is 37.7 Å². The van der Waals surface area contributed by atoms with Gasteiger partial charge in [0, 0.05) is 0 Å². The summed E-state index contributed by atoms with van der Waals surface area (Å²) < 4.78 is 0. The molecule has 0 spiro atoms. The zero-order valence-corrected chi connectivity index (χ0v) is 24.1. The first-order chi connectivity index (χ1) is 19.7. The van der Waals surface area contributed by atoms with Crippen LogP contribution in [0.2, 0.25) is 0 Å². The van der Waals surface area contributed by atoms with Gasteiger partial charge in [-0.1, -0.05) is 6.42 Å². The lowest BCUT2D eigenvalue weighted by atomic mass is 10.0. The van der Waals surface area contributed by atoms with Crippen LogP contribution < -0.4 is 42.6 Å². The number of hydrogen-bond acceptors (Lipinski definition) is 9. The molecule has 4 unspecified atom stereocenters. The van der Waals surface area contributed by atoms with Gasteiger partial charge in [0.2, 0.25) is 17.7 Å². The third-order valence-corrected chi connectivity index (χ3v) is 6.50. The quantitative estimate of drug-likeness (QED) is 0.0368. The van der Waals surface area contributed by atoms with Gasteiger partial charge in [0.25, 0.3) is 0 Å². The SMILES string of the molecule is [B]NCCCCC(N)C(=O)NC(CCCCN[B])C(=O)NC(CCCCN[B])C(=O)NC(CCCCN[B])C(=O)O. The van der Waals surface area contributed by atoms with Crippen LogP contribution >= 0.6 is 0 Å². The second-order valence-corrected chi connectivity index (χ2v) is 9.93. The Morgan fingerprint density at radius 2 is 0.829 bits per heavy atom. The van der Waals surface area contributed by atoms with Crippen molar-refractivity contribution < 1.29 is 24.3 Å². The molecule has 224 valence electrons. The summed E-state index contributed by atoms with van der Waals surface area (Å²) in [6.45, 7) is 2.13. The third kappa shape index (κ3) is 19.6. The Hall–Kier alpha value is -2.06. The lowest BCUT2D eigenvalue weighted by Gasteiger charge is -2.25. The van der Waals surface area contributed by atoms with E-state index in [1.807, 2.05) is 0 Å². The summed E-state index contributed by atoms with van der Waals surface area (Å²) in [5.41, 5.74) is 6.04. The Bertz CT molecular complexity index is 744. The van der Waals surface area contributed by atoms with Gasteiger partial charge in [-0.05, 0) is 96.8 Å². The summed E-state index contributed by atoms with van der Waals surface area (Å²) >= 11 is 0. The maximum Gasteiger partial charge on any atom is 0.326 e. The van der Waals surface area contributed by atoms with Crippen molar-refractivity contribution in [3.8, 4) is 0 Å². The molecule has 0 aliphatic carbocycles. The Labute approximate surface area is 249 Å². The van der Waals surface area contributed by atoms with Gasteiger partial charge in [-0.2, -0.15) is 0 Å². The highest BCUT2D eigenvalue weighted by Gasteiger charge is 2.30. The highest BCUT2D eigenvalue weighted by atomic mass is 16.4. The fourth-order valence-corrected chi connectivity index (χ4v) is 4.07. The van der Waals surface area contributed by atoms with Crippen LogP contribution in [0.3, 0.4) is 0 Å². The molecule has 10 N–H and O–H groups in total. The van der Waals surface area contributed by atoms with E-state index in [1.165, 1.54) is 0 Å². The maximum atomic E-state index is 13.4. The molecule has 41 heavy (non-hydrogen) atoms. The Balaban J connectivity index is 5.50. The predicted octanol–water partition coefficient (Wildman–Crippen LogP) is -2.77. The van der Waals surface area contributed by atoms with Gasteiger partial charge in [-0.3, -0.25) is 14.4 Å². The molecule has 0 heterocycles. The monoisotopic (exact) mass is 570 g/mol. The molecule has 0 saturated carbocycles. The average Bonchev–Trinajstić information content (AvgIpc) is 2.95. The van der Waals surface area contributed by atoms with E-state index < -0.39 is 47.9 Å². The molecule has 0 rings (SSSR count). The zero-order chi connectivity index (χ0) is 30.9. The predicted molar refractivity (Wildman–Crippen MR) is 162 cm³/mol. The van der Waals surface area contributed by atoms with Gasteiger partial charge < -0.3 is 47.7 Å². The number of carboxylic acids is 1. The molecule has 8 radical (unpaired) electrons. The molecule has 0 aliphatic rings. The minimum absolute atomic E-state index is 0.202. The van der Waals surface area contributed by atoms with Gasteiger partial charge in [0.1, 0.15) is 18.1 Å². The molecule has 13 nitrogen and oxygen atoms in total. The van der Waals surface area contributed by atoms with Crippen LogP contribution in [-0.4, -0.2) is 111 Å². The first kappa shape index (κ1) is 38.9. The Morgan fingerprint density at radius 3 is 1.20 bits per heavy atom. The standard InChI is InChI=1S/C24H46B4N8O5/c25-30-13-5-1-9-17(29)21(37)34-18(10-2-6-14-31-26)22(38)35-19(11-3-7-15-32-27)23(39)36-20(24(40)41)12-4-8-16-33-28/h17-20,30-33H,1-16,29H2,(H,34,37)(H,35,38)(H,36,39)(H,40,41). The largest absolute Gasteiger partial charge is 0.480 e. The number of hydrogen-bond donors (Lipinski definition) is 9. The zero-order valence-electron chi connectivity index (χ0n) is 24.1. The van der Waals surface area contributed by atoms with Crippen molar-refractivity contribution in [3.05, 3.63) is 0 Å². The number of aliphatic carboxylic acids is 1. The van der Waals surface area contributed by atoms with Crippen LogP contribution in [-0.2, 0) is 19.2 Å². The Morgan fingerprint density at radius 1 is 0.512 bits per heavy atom. The average molecular weight is 570 g/mol. The van der Waals surface area contributed by atoms with Crippen LogP contribution in [0.25, 0.3) is 0 Å². The molecule has 3 amide bonds. The molecule has 0 aromatic heterocycles. The molecule has 17 heteroatoms. The first-order valence-electron chi connectivity index (χ1n) is 14.3. The lowest BCUT2D eigenvalue weighted by Crippen LogP contribution is -2.57. The Kier molecular flexibility index (Phi) is 24.3. The van der Waals surface area contributed by atoms with Crippen LogP contribution in [0.1, 0.15) is 77.0 Å². The van der Waals surface area contributed by atoms with Gasteiger partial charge in [0.05, 0.1) is 6.04 Å². The van der Waals surface area contributed by atoms with E-state index in [9.17, 15) is 24.3 Å². The van der Waals surface area contributed by atoms with Crippen LogP contribution in [0.4, 0.5) is 0 Å². The molecule has 0 bridgehead atoms. The number of nitrogens with one attached hydrogen (secondary N) is 7. The number of carbonyl (C=O) groups excluding carboxylic acids is 3. The van der Waals surface area contributed by atoms with Gasteiger partial charge in [-0.15, -0.1) is 0 Å². The number of nitrogens with two attached hydrogens (primary N) is 1. The van der Waals surface area contributed by atoms with E-state index in [1.54, 1.807) is 0 Å². The molecule has 0 saturated heterocycles. The van der Waals surface area contributed by atoms with E-state index in [2.05, 4.69) is 36.9 Å². The van der Waals surface area contributed by atoms with Crippen molar-refractivity contribution in [3.63, 3.8) is 0 Å². The number of carboxylic acid groups (broad SMARTS) is 1. The molecule has 4 atom stereocenters. The van der Waals surface area contributed by atoms with Crippen molar-refractivity contribution in [2.45, 2.75) is 101 Å². The normalized spacial score (nSPS) is 14.0. The molecular weight excluding hydrogens is 524 g/mol. The third-order valence-electron chi connectivity index (χ3n) is 6.50. The van der Waals surface area contributed by atoms with Crippen molar-refractivity contribution in [2.24, 2.45) is 5.73 Å². The highest BCUT2D eigenvalue weighted by Crippen LogP contribution is 2.08. The van der Waals surface area contributed by atoms with Crippen LogP contribution in [0.5, 0.6) is 0 Å². The van der Waals surface area contributed by atoms with Gasteiger partial charge in [0.15, 0.2) is 31.9 Å². The second kappa shape index (κ2) is 25.6. The molecule has 0 aromatic rings. The second-order valence-electron chi connectivity index (χ2n) is 9.93. The minimum atomic E-state index is -1.17. The number of rotatable bonds is 27. The van der Waals surface area contributed by atoms with Crippen LogP contribution in [0, 0.1) is 0 Å². The topological polar surface area (TPSA) is 199 Å². The number of unbranched alkanes of at least 4 members (excludes halogenated alkanes) is 4. The summed E-state index contributed by atoms with van der Waals surface area (Å²) in [7, 11) is 21.2. The van der Waals surface area contributed by atoms with Gasteiger partial charge >= 0.3 is 5.97 Å². The van der Waals surface area contributed by atoms with Crippen molar-refractivity contribution in [2.75, 3.05) is 26.2 Å². The summed E-state index contributed by atoms with van der Waals surface area (Å²) in [5.74, 6) is -2.83. The van der Waals surface area contributed by atoms with Gasteiger partial charge in [-0.25, -0.2) is 4.79 Å². The fraction of sp³-hybridized carbons (Fsp3) is 0.833. The fourth-order valence-electron chi connectivity index (χ4n) is 4.07. The van der Waals surface area contributed by atoms with Crippen molar-refractivity contribution in [1.82, 2.24) is 36.9 Å². The molecule has 0 aromatic carbocycles. The molecular formula is C24H46B4N8O5. The molecule has 0 fully saturated rings. The van der Waals surface area contributed by atoms with Crippen molar-refractivity contribution in [1.29, 1.82) is 0 Å². The lowest BCUT2D eigenvalue weighted by molar-refractivity contribution is -0.142. The number of carbonyl (C=O) groups is 4. The van der Waals surface area contributed by atoms with E-state index in [0.29, 0.717) is 84.0 Å². The summed E-state index contributed by atoms with van der Waals surface area (Å²) in [6, 6.07) is -3.91. The summed E-state index contributed by atoms with van der Waals surface area (Å²) in [5, 5.41) is 27.7. The first-order valence-corrected chi connectivity index (χ1v) is 14.3. The highest BCUT2D eigenvalue weighted by molar-refractivity contribution is 6.04. The van der Waals surface area contributed by atoms with Crippen molar-refractivity contribution >= 4 is 55.6 Å². The molecule has 0 aliphatic heterocycles.